The minimum atomic E-state index is 0.148. The first-order chi connectivity index (χ1) is 46.1. The van der Waals surface area contributed by atoms with Crippen LogP contribution >= 0.6 is 11.7 Å². The number of fused-ring (bicyclic) bond motifs is 9. The molecule has 15 rings (SSSR count). The van der Waals surface area contributed by atoms with Gasteiger partial charge in [-0.3, -0.25) is 10.1 Å². The lowest BCUT2D eigenvalue weighted by Gasteiger charge is -2.27. The molecule has 0 amide bonds. The van der Waals surface area contributed by atoms with Crippen LogP contribution in [0.1, 0.15) is 219 Å². The number of aromatic amines is 2. The zero-order valence-corrected chi connectivity index (χ0v) is 63.8. The number of benzene rings is 9. The molecule has 510 valence electrons. The van der Waals surface area contributed by atoms with Crippen molar-refractivity contribution in [3.63, 3.8) is 0 Å². The van der Waals surface area contributed by atoms with Gasteiger partial charge >= 0.3 is 0 Å². The molecule has 0 spiro atoms. The van der Waals surface area contributed by atoms with E-state index in [2.05, 4.69) is 350 Å². The van der Waals surface area contributed by atoms with Gasteiger partial charge in [0, 0.05) is 28.7 Å². The summed E-state index contributed by atoms with van der Waals surface area (Å²) in [5.74, 6) is 0. The number of hydrogen-bond donors (Lipinski definition) is 2. The van der Waals surface area contributed by atoms with E-state index in [0.717, 1.165) is 28.5 Å². The SMILES string of the molecule is CC(C)(C)c1ccc2[nH]ncc2c1.CC(C)(C)c1ccc2ccccc2c1.CC(C)(C)c1cccc2c1CCCC2.CC(C)(C)c1cccc2c1Cc1ccccc1-2.CC(C)(C)c1cccc2cc[nH]c12.CC(C)(C)c1cccc2ncccc12.CC(C)(C)c1cccc2nsnc12. The van der Waals surface area contributed by atoms with Gasteiger partial charge in [-0.25, -0.2) is 0 Å². The average Bonchev–Trinajstić information content (AvgIpc) is 1.57. The lowest BCUT2D eigenvalue weighted by Crippen LogP contribution is -2.17. The van der Waals surface area contributed by atoms with Crippen LogP contribution in [0.3, 0.4) is 0 Å². The highest BCUT2D eigenvalue weighted by molar-refractivity contribution is 7.00. The zero-order chi connectivity index (χ0) is 71.0. The van der Waals surface area contributed by atoms with E-state index in [-0.39, 0.29) is 32.5 Å². The van der Waals surface area contributed by atoms with Gasteiger partial charge in [-0.2, -0.15) is 13.8 Å². The van der Waals surface area contributed by atoms with E-state index in [9.17, 15) is 0 Å². The first-order valence-corrected chi connectivity index (χ1v) is 36.2. The highest BCUT2D eigenvalue weighted by atomic mass is 32.1. The Morgan fingerprint density at radius 1 is 0.367 bits per heavy atom. The number of rotatable bonds is 0. The van der Waals surface area contributed by atoms with Gasteiger partial charge in [0.1, 0.15) is 11.0 Å². The first kappa shape index (κ1) is 73.7. The molecule has 2 aliphatic carbocycles. The lowest BCUT2D eigenvalue weighted by atomic mass is 9.78. The third-order valence-electron chi connectivity index (χ3n) is 18.7. The standard InChI is InChI=1S/C17H18.C14H20.C14H16.C13H15N.C12H15N.C11H14N2.C10H12N2S/c1-17(2,3)16-10-6-9-14-13-8-5-4-7-12(13)11-15(14)16;1-14(2,3)13-10-6-8-11-7-4-5-9-12(11)13;1-14(2,3)13-9-8-11-6-4-5-7-12(11)10-13;1-13(2,3)11-7-4-8-12-10(11)6-5-9-14-12;1-12(2,3)10-6-4-5-9-7-8-13-11(9)10;1-11(2,3)9-4-5-10-8(6-9)7-12-13-10;1-10(2,3)7-5-4-6-8-9(7)12-13-11-8/h4-10H,11H2,1-3H3;6,8,10H,4-5,7,9H2,1-3H3;4-10H,1-3H3;4-9H,1-3H3;4-8,13H,1-3H3;4-7H,1-3H3,(H,12,13);4-6H,1-3H3. The van der Waals surface area contributed by atoms with Crippen molar-refractivity contribution >= 4 is 66.2 Å². The molecular weight excluding hydrogens is 1210 g/mol. The number of hydrogen-bond acceptors (Lipinski definition) is 5. The van der Waals surface area contributed by atoms with Crippen LogP contribution in [0.2, 0.25) is 0 Å². The monoisotopic (exact) mass is 1320 g/mol. The molecule has 0 saturated heterocycles. The van der Waals surface area contributed by atoms with Crippen LogP contribution in [-0.2, 0) is 57.2 Å². The number of aryl methyl sites for hydroxylation is 1. The minimum Gasteiger partial charge on any atom is -0.361 e. The molecule has 0 radical (unpaired) electrons. The van der Waals surface area contributed by atoms with Gasteiger partial charge in [-0.15, -0.1) is 0 Å². The predicted molar refractivity (Wildman–Crippen MR) is 426 cm³/mol. The van der Waals surface area contributed by atoms with Gasteiger partial charge in [0.05, 0.1) is 29.0 Å². The second-order valence-corrected chi connectivity index (χ2v) is 34.4. The van der Waals surface area contributed by atoms with Crippen molar-refractivity contribution in [2.75, 3.05) is 0 Å². The summed E-state index contributed by atoms with van der Waals surface area (Å²) in [5.41, 5.74) is 26.0. The summed E-state index contributed by atoms with van der Waals surface area (Å²) in [5, 5.41) is 13.4. The van der Waals surface area contributed by atoms with Crippen LogP contribution in [0.25, 0.3) is 65.6 Å². The van der Waals surface area contributed by atoms with Crippen molar-refractivity contribution in [1.29, 1.82) is 0 Å². The van der Waals surface area contributed by atoms with Crippen molar-refractivity contribution in [3.8, 4) is 11.1 Å². The molecule has 2 N–H and O–H groups in total. The van der Waals surface area contributed by atoms with Crippen LogP contribution in [-0.4, -0.2) is 28.9 Å². The van der Waals surface area contributed by atoms with Gasteiger partial charge in [0.2, 0.25) is 0 Å². The maximum atomic E-state index is 4.36. The molecule has 4 heterocycles. The van der Waals surface area contributed by atoms with Crippen LogP contribution in [0.5, 0.6) is 0 Å². The topological polar surface area (TPSA) is 83.1 Å². The van der Waals surface area contributed by atoms with Crippen LogP contribution in [0.15, 0.2) is 213 Å². The molecule has 0 saturated carbocycles. The van der Waals surface area contributed by atoms with Crippen molar-refractivity contribution in [3.05, 3.63) is 274 Å². The second-order valence-electron chi connectivity index (χ2n) is 33.9. The number of nitrogens with zero attached hydrogens (tertiary/aromatic N) is 4. The number of H-pyrrole nitrogens is 2. The summed E-state index contributed by atoms with van der Waals surface area (Å²) in [6.45, 7) is 47.2. The van der Waals surface area contributed by atoms with Crippen LogP contribution < -0.4 is 0 Å². The Hall–Kier alpha value is -8.52. The fraction of sp³-hybridized carbons (Fsp3) is 0.363. The Morgan fingerprint density at radius 2 is 0.888 bits per heavy atom. The molecule has 0 fully saturated rings. The van der Waals surface area contributed by atoms with E-state index in [1.54, 1.807) is 16.7 Å². The van der Waals surface area contributed by atoms with E-state index >= 15 is 0 Å². The summed E-state index contributed by atoms with van der Waals surface area (Å²) < 4.78 is 8.54. The Kier molecular flexibility index (Phi) is 22.8. The maximum Gasteiger partial charge on any atom is 0.108 e. The zero-order valence-electron chi connectivity index (χ0n) is 62.9. The van der Waals surface area contributed by atoms with Gasteiger partial charge in [0.25, 0.3) is 0 Å². The third-order valence-corrected chi connectivity index (χ3v) is 19.3. The van der Waals surface area contributed by atoms with Gasteiger partial charge < -0.3 is 4.98 Å². The van der Waals surface area contributed by atoms with Gasteiger partial charge in [-0.1, -0.05) is 303 Å². The lowest BCUT2D eigenvalue weighted by molar-refractivity contribution is 0.568. The van der Waals surface area contributed by atoms with E-state index in [1.165, 1.54) is 125 Å². The third kappa shape index (κ3) is 18.6. The van der Waals surface area contributed by atoms with Crippen LogP contribution in [0.4, 0.5) is 0 Å². The first-order valence-electron chi connectivity index (χ1n) is 35.4. The van der Waals surface area contributed by atoms with E-state index in [1.807, 2.05) is 36.8 Å². The summed E-state index contributed by atoms with van der Waals surface area (Å²) >= 11 is 1.28. The largest absolute Gasteiger partial charge is 0.361 e. The molecule has 13 aromatic rings. The molecule has 0 atom stereocenters. The van der Waals surface area contributed by atoms with Crippen LogP contribution in [0, 0.1) is 0 Å². The Balaban J connectivity index is 0.000000134. The Bertz CT molecular complexity index is 4670. The summed E-state index contributed by atoms with van der Waals surface area (Å²) in [4.78, 5) is 7.65. The molecule has 98 heavy (non-hydrogen) atoms. The Labute approximate surface area is 591 Å². The molecule has 7 heteroatoms. The van der Waals surface area contributed by atoms with E-state index < -0.39 is 0 Å². The number of nitrogens with one attached hydrogen (secondary N) is 2. The summed E-state index contributed by atoms with van der Waals surface area (Å²) in [6.07, 6.45) is 12.1. The Morgan fingerprint density at radius 3 is 1.56 bits per heavy atom. The van der Waals surface area contributed by atoms with Gasteiger partial charge in [-0.05, 0) is 195 Å². The highest BCUT2D eigenvalue weighted by Crippen LogP contribution is 2.42. The normalized spacial score (nSPS) is 12.9. The fourth-order valence-corrected chi connectivity index (χ4v) is 13.8. The summed E-state index contributed by atoms with van der Waals surface area (Å²) in [6, 6.07) is 69.2. The molecule has 0 bridgehead atoms. The molecule has 2 aliphatic rings. The molecule has 6 nitrogen and oxygen atoms in total. The molecular formula is C91H110N6S. The average molecular weight is 1320 g/mol. The molecule has 0 aliphatic heterocycles. The predicted octanol–water partition coefficient (Wildman–Crippen LogP) is 25.4. The second kappa shape index (κ2) is 30.3. The fourth-order valence-electron chi connectivity index (χ4n) is 13.3. The maximum absolute atomic E-state index is 4.36. The van der Waals surface area contributed by atoms with E-state index in [0.29, 0.717) is 5.41 Å². The molecule has 4 aromatic heterocycles. The molecule has 0 unspecified atom stereocenters. The van der Waals surface area contributed by atoms with Crippen molar-refractivity contribution in [2.45, 2.75) is 215 Å². The number of pyridine rings is 1. The quantitative estimate of drug-likeness (QED) is 0.158. The van der Waals surface area contributed by atoms with E-state index in [4.69, 9.17) is 0 Å². The smallest absolute Gasteiger partial charge is 0.108 e. The summed E-state index contributed by atoms with van der Waals surface area (Å²) in [7, 11) is 0. The van der Waals surface area contributed by atoms with Crippen molar-refractivity contribution in [2.24, 2.45) is 0 Å². The molecule has 9 aromatic carbocycles. The van der Waals surface area contributed by atoms with Gasteiger partial charge in [0.15, 0.2) is 0 Å². The number of para-hydroxylation sites is 1. The highest BCUT2D eigenvalue weighted by Gasteiger charge is 2.27. The van der Waals surface area contributed by atoms with Crippen molar-refractivity contribution in [1.82, 2.24) is 28.9 Å². The minimum absolute atomic E-state index is 0.148. The van der Waals surface area contributed by atoms with Crippen molar-refractivity contribution < 1.29 is 0 Å². The number of aromatic nitrogens is 6.